The third kappa shape index (κ3) is 2.93. The van der Waals surface area contributed by atoms with E-state index in [0.717, 1.165) is 6.07 Å². The Bertz CT molecular complexity index is 384. The van der Waals surface area contributed by atoms with Gasteiger partial charge in [0, 0.05) is 5.33 Å². The fraction of sp³-hybridized carbons (Fsp3) is 0.333. The van der Waals surface area contributed by atoms with Crippen LogP contribution in [0.3, 0.4) is 0 Å². The lowest BCUT2D eigenvalue weighted by Crippen LogP contribution is -2.11. The van der Waals surface area contributed by atoms with Crippen LogP contribution < -0.4 is 0 Å². The molecule has 0 spiro atoms. The van der Waals surface area contributed by atoms with Gasteiger partial charge in [-0.05, 0) is 12.1 Å². The third-order valence-corrected chi connectivity index (χ3v) is 2.38. The quantitative estimate of drug-likeness (QED) is 0.780. The Morgan fingerprint density at radius 1 is 1.47 bits per heavy atom. The molecule has 1 aromatic heterocycles. The van der Waals surface area contributed by atoms with Gasteiger partial charge in [0.05, 0.1) is 17.7 Å². The van der Waals surface area contributed by atoms with E-state index in [4.69, 9.17) is 5.26 Å². The van der Waals surface area contributed by atoms with Crippen molar-refractivity contribution in [1.82, 2.24) is 4.98 Å². The molecule has 1 rings (SSSR count). The molecule has 0 fully saturated rings. The van der Waals surface area contributed by atoms with E-state index in [1.165, 1.54) is 12.1 Å². The zero-order valence-electron chi connectivity index (χ0n) is 7.42. The van der Waals surface area contributed by atoms with Gasteiger partial charge in [-0.3, -0.25) is 0 Å². The Hall–Kier alpha value is -1.09. The van der Waals surface area contributed by atoms with E-state index in [0.29, 0.717) is 0 Å². The largest absolute Gasteiger partial charge is 0.433 e. The minimum atomic E-state index is -4.47. The van der Waals surface area contributed by atoms with E-state index in [9.17, 15) is 13.2 Å². The van der Waals surface area contributed by atoms with Crippen molar-refractivity contribution in [2.24, 2.45) is 0 Å². The third-order valence-electron chi connectivity index (χ3n) is 1.73. The van der Waals surface area contributed by atoms with Gasteiger partial charge >= 0.3 is 6.18 Å². The molecule has 1 unspecified atom stereocenters. The molecule has 2 nitrogen and oxygen atoms in total. The van der Waals surface area contributed by atoms with Crippen LogP contribution in [0.5, 0.6) is 0 Å². The van der Waals surface area contributed by atoms with Gasteiger partial charge in [0.2, 0.25) is 0 Å². The van der Waals surface area contributed by atoms with Crippen molar-refractivity contribution in [3.63, 3.8) is 0 Å². The lowest BCUT2D eigenvalue weighted by molar-refractivity contribution is -0.141. The number of pyridine rings is 1. The molecule has 0 aliphatic rings. The second-order valence-corrected chi connectivity index (χ2v) is 3.43. The van der Waals surface area contributed by atoms with E-state index in [1.54, 1.807) is 0 Å². The van der Waals surface area contributed by atoms with Crippen molar-refractivity contribution in [2.75, 3.05) is 5.33 Å². The first-order valence-electron chi connectivity index (χ1n) is 3.98. The first kappa shape index (κ1) is 12.0. The topological polar surface area (TPSA) is 36.7 Å². The monoisotopic (exact) mass is 278 g/mol. The number of halogens is 4. The predicted octanol–water partition coefficient (Wildman–Crippen LogP) is 3.10. The highest BCUT2D eigenvalue weighted by Gasteiger charge is 2.32. The number of nitrogens with zero attached hydrogens (tertiary/aromatic N) is 2. The summed E-state index contributed by atoms with van der Waals surface area (Å²) in [5.74, 6) is -0.660. The lowest BCUT2D eigenvalue weighted by Gasteiger charge is -2.09. The lowest BCUT2D eigenvalue weighted by atomic mass is 10.1. The number of alkyl halides is 4. The van der Waals surface area contributed by atoms with Crippen molar-refractivity contribution in [1.29, 1.82) is 5.26 Å². The number of hydrogen-bond acceptors (Lipinski definition) is 2. The standard InChI is InChI=1S/C9H6BrF3N2/c10-4-6(5-14)7-2-1-3-8(15-7)9(11,12)13/h1-3,6H,4H2. The van der Waals surface area contributed by atoms with Crippen LogP contribution in [0.15, 0.2) is 18.2 Å². The van der Waals surface area contributed by atoms with Crippen molar-refractivity contribution >= 4 is 15.9 Å². The molecule has 6 heteroatoms. The second kappa shape index (κ2) is 4.62. The maximum atomic E-state index is 12.3. The van der Waals surface area contributed by atoms with Gasteiger partial charge < -0.3 is 0 Å². The van der Waals surface area contributed by atoms with Gasteiger partial charge in [-0.15, -0.1) is 0 Å². The SMILES string of the molecule is N#CC(CBr)c1cccc(C(F)(F)F)n1. The van der Waals surface area contributed by atoms with Crippen molar-refractivity contribution in [3.8, 4) is 6.07 Å². The van der Waals surface area contributed by atoms with Crippen LogP contribution in [0.25, 0.3) is 0 Å². The number of hydrogen-bond donors (Lipinski definition) is 0. The average molecular weight is 279 g/mol. The molecule has 1 atom stereocenters. The summed E-state index contributed by atoms with van der Waals surface area (Å²) in [5.41, 5.74) is -0.842. The molecule has 15 heavy (non-hydrogen) atoms. The maximum absolute atomic E-state index is 12.3. The van der Waals surface area contributed by atoms with Gasteiger partial charge in [0.1, 0.15) is 5.69 Å². The zero-order valence-corrected chi connectivity index (χ0v) is 9.01. The van der Waals surface area contributed by atoms with Crippen LogP contribution in [-0.4, -0.2) is 10.3 Å². The van der Waals surface area contributed by atoms with E-state index in [2.05, 4.69) is 20.9 Å². The normalized spacial score (nSPS) is 13.3. The molecule has 0 bridgehead atoms. The molecule has 80 valence electrons. The Balaban J connectivity index is 3.09. The summed E-state index contributed by atoms with van der Waals surface area (Å²) in [6.07, 6.45) is -4.47. The van der Waals surface area contributed by atoms with Gasteiger partial charge in [-0.1, -0.05) is 22.0 Å². The molecule has 0 aliphatic carbocycles. The van der Waals surface area contributed by atoms with E-state index in [1.807, 2.05) is 6.07 Å². The summed E-state index contributed by atoms with van der Waals surface area (Å²) in [5, 5.41) is 8.93. The van der Waals surface area contributed by atoms with Gasteiger partial charge in [0.15, 0.2) is 0 Å². The first-order chi connectivity index (χ1) is 6.99. The minimum Gasteiger partial charge on any atom is -0.247 e. The van der Waals surface area contributed by atoms with Crippen molar-refractivity contribution in [2.45, 2.75) is 12.1 Å². The second-order valence-electron chi connectivity index (χ2n) is 2.78. The summed E-state index contributed by atoms with van der Waals surface area (Å²) in [6.45, 7) is 0. The smallest absolute Gasteiger partial charge is 0.247 e. The van der Waals surface area contributed by atoms with Crippen LogP contribution in [0.1, 0.15) is 17.3 Å². The van der Waals surface area contributed by atoms with Crippen LogP contribution >= 0.6 is 15.9 Å². The minimum absolute atomic E-state index is 0.129. The fourth-order valence-electron chi connectivity index (χ4n) is 0.983. The Kier molecular flexibility index (Phi) is 3.69. The molecule has 0 aromatic carbocycles. The Morgan fingerprint density at radius 2 is 2.13 bits per heavy atom. The molecule has 0 N–H and O–H groups in total. The fourth-order valence-corrected chi connectivity index (χ4v) is 1.46. The predicted molar refractivity (Wildman–Crippen MR) is 51.4 cm³/mol. The van der Waals surface area contributed by atoms with Gasteiger partial charge in [-0.2, -0.15) is 18.4 Å². The Morgan fingerprint density at radius 3 is 2.60 bits per heavy atom. The first-order valence-corrected chi connectivity index (χ1v) is 5.11. The van der Waals surface area contributed by atoms with Gasteiger partial charge in [-0.25, -0.2) is 4.98 Å². The zero-order chi connectivity index (χ0) is 11.5. The molecule has 0 saturated carbocycles. The average Bonchev–Trinajstić information content (AvgIpc) is 2.19. The highest BCUT2D eigenvalue weighted by atomic mass is 79.9. The summed E-state index contributed by atoms with van der Waals surface area (Å²) < 4.78 is 36.8. The molecule has 0 amide bonds. The summed E-state index contributed by atoms with van der Waals surface area (Å²) in [7, 11) is 0. The van der Waals surface area contributed by atoms with Crippen LogP contribution in [-0.2, 0) is 6.18 Å². The summed E-state index contributed by atoms with van der Waals surface area (Å²) in [4.78, 5) is 3.41. The van der Waals surface area contributed by atoms with Crippen LogP contribution in [0, 0.1) is 11.3 Å². The van der Waals surface area contributed by atoms with Crippen LogP contribution in [0.2, 0.25) is 0 Å². The number of aromatic nitrogens is 1. The van der Waals surface area contributed by atoms with Crippen molar-refractivity contribution < 1.29 is 13.2 Å². The molecular formula is C9H6BrF3N2. The summed E-state index contributed by atoms with van der Waals surface area (Å²) in [6, 6.07) is 5.41. The molecular weight excluding hydrogens is 273 g/mol. The molecule has 0 aliphatic heterocycles. The van der Waals surface area contributed by atoms with E-state index < -0.39 is 17.8 Å². The Labute approximate surface area is 92.9 Å². The maximum Gasteiger partial charge on any atom is 0.433 e. The molecule has 1 heterocycles. The van der Waals surface area contributed by atoms with E-state index in [-0.39, 0.29) is 11.0 Å². The number of nitriles is 1. The van der Waals surface area contributed by atoms with E-state index >= 15 is 0 Å². The highest BCUT2D eigenvalue weighted by Crippen LogP contribution is 2.28. The number of rotatable bonds is 2. The van der Waals surface area contributed by atoms with Crippen molar-refractivity contribution in [3.05, 3.63) is 29.6 Å². The molecule has 0 radical (unpaired) electrons. The molecule has 0 saturated heterocycles. The van der Waals surface area contributed by atoms with Crippen LogP contribution in [0.4, 0.5) is 13.2 Å². The molecule has 1 aromatic rings. The summed E-state index contributed by atoms with van der Waals surface area (Å²) >= 11 is 3.04. The highest BCUT2D eigenvalue weighted by molar-refractivity contribution is 9.09. The van der Waals surface area contributed by atoms with Gasteiger partial charge in [0.25, 0.3) is 0 Å².